The van der Waals surface area contributed by atoms with Gasteiger partial charge in [-0.15, -0.1) is 0 Å². The predicted octanol–water partition coefficient (Wildman–Crippen LogP) is 3.75. The van der Waals surface area contributed by atoms with Crippen molar-refractivity contribution in [1.82, 2.24) is 0 Å². The number of rotatable bonds is 7. The quantitative estimate of drug-likeness (QED) is 0.601. The van der Waals surface area contributed by atoms with Crippen LogP contribution in [0.2, 0.25) is 0 Å². The molecule has 0 aromatic heterocycles. The zero-order valence-corrected chi connectivity index (χ0v) is 10.3. The molecule has 0 bridgehead atoms. The maximum absolute atomic E-state index is 5.46. The summed E-state index contributed by atoms with van der Waals surface area (Å²) in [7, 11) is 0. The first-order chi connectivity index (χ1) is 7.34. The van der Waals surface area contributed by atoms with E-state index in [0.717, 1.165) is 6.61 Å². The van der Waals surface area contributed by atoms with Gasteiger partial charge in [0.2, 0.25) is 0 Å². The standard InChI is InChI=1S/C13H26O2/c1-3-4-5-6-7-8-9-13-10-14-11-15-12(13)2/h12-13H,3-11H2,1-2H3. The summed E-state index contributed by atoms with van der Waals surface area (Å²) in [6.07, 6.45) is 9.92. The van der Waals surface area contributed by atoms with Gasteiger partial charge in [-0.05, 0) is 13.3 Å². The molecule has 1 rings (SSSR count). The third-order valence-corrected chi connectivity index (χ3v) is 3.34. The van der Waals surface area contributed by atoms with Gasteiger partial charge < -0.3 is 9.47 Å². The Balaban J connectivity index is 1.94. The second-order valence-electron chi connectivity index (χ2n) is 4.68. The Hall–Kier alpha value is -0.0800. The third kappa shape index (κ3) is 5.53. The van der Waals surface area contributed by atoms with Gasteiger partial charge in [-0.25, -0.2) is 0 Å². The molecule has 0 aliphatic carbocycles. The summed E-state index contributed by atoms with van der Waals surface area (Å²) in [5.74, 6) is 0.630. The number of ether oxygens (including phenoxy) is 2. The first-order valence-electron chi connectivity index (χ1n) is 6.54. The highest BCUT2D eigenvalue weighted by Gasteiger charge is 2.21. The summed E-state index contributed by atoms with van der Waals surface area (Å²) in [5.41, 5.74) is 0. The van der Waals surface area contributed by atoms with Crippen molar-refractivity contribution in [3.8, 4) is 0 Å². The van der Waals surface area contributed by atoms with Gasteiger partial charge in [0.25, 0.3) is 0 Å². The monoisotopic (exact) mass is 214 g/mol. The van der Waals surface area contributed by atoms with Crippen molar-refractivity contribution in [2.75, 3.05) is 13.4 Å². The van der Waals surface area contributed by atoms with Crippen LogP contribution in [0, 0.1) is 5.92 Å². The molecule has 1 saturated heterocycles. The maximum Gasteiger partial charge on any atom is 0.147 e. The zero-order chi connectivity index (χ0) is 10.9. The van der Waals surface area contributed by atoms with E-state index >= 15 is 0 Å². The van der Waals surface area contributed by atoms with Gasteiger partial charge in [-0.1, -0.05) is 45.4 Å². The van der Waals surface area contributed by atoms with Crippen LogP contribution in [0.4, 0.5) is 0 Å². The minimum Gasteiger partial charge on any atom is -0.355 e. The van der Waals surface area contributed by atoms with E-state index in [9.17, 15) is 0 Å². The van der Waals surface area contributed by atoms with Crippen molar-refractivity contribution in [2.24, 2.45) is 5.92 Å². The second kappa shape index (κ2) is 8.12. The van der Waals surface area contributed by atoms with Crippen molar-refractivity contribution < 1.29 is 9.47 Å². The zero-order valence-electron chi connectivity index (χ0n) is 10.3. The van der Waals surface area contributed by atoms with E-state index in [2.05, 4.69) is 13.8 Å². The van der Waals surface area contributed by atoms with Crippen LogP contribution in [0.3, 0.4) is 0 Å². The van der Waals surface area contributed by atoms with Crippen LogP contribution in [-0.2, 0) is 9.47 Å². The minimum atomic E-state index is 0.398. The van der Waals surface area contributed by atoms with Gasteiger partial charge in [0, 0.05) is 5.92 Å². The molecule has 2 nitrogen and oxygen atoms in total. The molecule has 1 aliphatic rings. The summed E-state index contributed by atoms with van der Waals surface area (Å²) in [4.78, 5) is 0. The molecule has 2 atom stereocenters. The fourth-order valence-electron chi connectivity index (χ4n) is 2.13. The Morgan fingerprint density at radius 3 is 2.53 bits per heavy atom. The largest absolute Gasteiger partial charge is 0.355 e. The molecule has 90 valence electrons. The van der Waals surface area contributed by atoms with E-state index in [1.54, 1.807) is 0 Å². The van der Waals surface area contributed by atoms with Crippen molar-refractivity contribution in [3.05, 3.63) is 0 Å². The topological polar surface area (TPSA) is 18.5 Å². The molecule has 2 heteroatoms. The first-order valence-corrected chi connectivity index (χ1v) is 6.54. The van der Waals surface area contributed by atoms with Crippen LogP contribution in [0.15, 0.2) is 0 Å². The predicted molar refractivity (Wildman–Crippen MR) is 62.8 cm³/mol. The van der Waals surface area contributed by atoms with Crippen molar-refractivity contribution in [3.63, 3.8) is 0 Å². The number of hydrogen-bond acceptors (Lipinski definition) is 2. The van der Waals surface area contributed by atoms with Gasteiger partial charge in [-0.3, -0.25) is 0 Å². The summed E-state index contributed by atoms with van der Waals surface area (Å²) in [6, 6.07) is 0. The Kier molecular flexibility index (Phi) is 7.03. The summed E-state index contributed by atoms with van der Waals surface area (Å²) in [5, 5.41) is 0. The molecule has 0 radical (unpaired) electrons. The van der Waals surface area contributed by atoms with Crippen LogP contribution in [0.25, 0.3) is 0 Å². The van der Waals surface area contributed by atoms with Gasteiger partial charge in [0.15, 0.2) is 0 Å². The van der Waals surface area contributed by atoms with Crippen LogP contribution >= 0.6 is 0 Å². The van der Waals surface area contributed by atoms with E-state index in [1.807, 2.05) is 0 Å². The molecule has 2 unspecified atom stereocenters. The number of unbranched alkanes of at least 4 members (excludes halogenated alkanes) is 5. The molecular weight excluding hydrogens is 188 g/mol. The average Bonchev–Trinajstić information content (AvgIpc) is 2.25. The molecule has 15 heavy (non-hydrogen) atoms. The smallest absolute Gasteiger partial charge is 0.147 e. The summed E-state index contributed by atoms with van der Waals surface area (Å²) in [6.45, 7) is 5.83. The SMILES string of the molecule is CCCCCCCCC1COCOC1C. The van der Waals surface area contributed by atoms with E-state index < -0.39 is 0 Å². The molecule has 0 amide bonds. The van der Waals surface area contributed by atoms with Gasteiger partial charge in [0.1, 0.15) is 6.79 Å². The lowest BCUT2D eigenvalue weighted by Crippen LogP contribution is -2.31. The fraction of sp³-hybridized carbons (Fsp3) is 1.00. The molecule has 1 aliphatic heterocycles. The lowest BCUT2D eigenvalue weighted by Gasteiger charge is -2.28. The molecule has 1 heterocycles. The van der Waals surface area contributed by atoms with Crippen LogP contribution in [-0.4, -0.2) is 19.5 Å². The van der Waals surface area contributed by atoms with Crippen molar-refractivity contribution >= 4 is 0 Å². The number of hydrogen-bond donors (Lipinski definition) is 0. The van der Waals surface area contributed by atoms with Crippen molar-refractivity contribution in [1.29, 1.82) is 0 Å². The van der Waals surface area contributed by atoms with Crippen LogP contribution < -0.4 is 0 Å². The van der Waals surface area contributed by atoms with Gasteiger partial charge >= 0.3 is 0 Å². The van der Waals surface area contributed by atoms with Gasteiger partial charge in [0.05, 0.1) is 12.7 Å². The Labute approximate surface area is 94.3 Å². The minimum absolute atomic E-state index is 0.398. The second-order valence-corrected chi connectivity index (χ2v) is 4.68. The molecule has 1 fully saturated rings. The third-order valence-electron chi connectivity index (χ3n) is 3.34. The first kappa shape index (κ1) is 13.0. The van der Waals surface area contributed by atoms with E-state index in [0.29, 0.717) is 18.8 Å². The van der Waals surface area contributed by atoms with Gasteiger partial charge in [-0.2, -0.15) is 0 Å². The van der Waals surface area contributed by atoms with E-state index in [-0.39, 0.29) is 0 Å². The molecule has 0 spiro atoms. The lowest BCUT2D eigenvalue weighted by molar-refractivity contribution is -0.165. The molecule has 0 aromatic carbocycles. The fourth-order valence-corrected chi connectivity index (χ4v) is 2.13. The highest BCUT2D eigenvalue weighted by atomic mass is 16.7. The molecule has 0 aromatic rings. The average molecular weight is 214 g/mol. The summed E-state index contributed by atoms with van der Waals surface area (Å²) < 4.78 is 10.8. The summed E-state index contributed by atoms with van der Waals surface area (Å²) >= 11 is 0. The highest BCUT2D eigenvalue weighted by molar-refractivity contribution is 4.68. The highest BCUT2D eigenvalue weighted by Crippen LogP contribution is 2.20. The van der Waals surface area contributed by atoms with Crippen LogP contribution in [0.1, 0.15) is 58.8 Å². The maximum atomic E-state index is 5.46. The van der Waals surface area contributed by atoms with Crippen LogP contribution in [0.5, 0.6) is 0 Å². The molecule has 0 N–H and O–H groups in total. The molecular formula is C13H26O2. The normalized spacial score (nSPS) is 26.8. The lowest BCUT2D eigenvalue weighted by atomic mass is 9.96. The molecule has 0 saturated carbocycles. The Morgan fingerprint density at radius 1 is 1.07 bits per heavy atom. The van der Waals surface area contributed by atoms with E-state index in [4.69, 9.17) is 9.47 Å². The Morgan fingerprint density at radius 2 is 1.80 bits per heavy atom. The van der Waals surface area contributed by atoms with Crippen molar-refractivity contribution in [2.45, 2.75) is 64.9 Å². The van der Waals surface area contributed by atoms with E-state index in [1.165, 1.54) is 44.9 Å². The Bertz CT molecular complexity index is 147.